The maximum absolute atomic E-state index is 13.5. The summed E-state index contributed by atoms with van der Waals surface area (Å²) in [6, 6.07) is 6.47. The van der Waals surface area contributed by atoms with Crippen molar-refractivity contribution in [2.45, 2.75) is 45.7 Å². The van der Waals surface area contributed by atoms with Gasteiger partial charge in [0.2, 0.25) is 11.8 Å². The molecule has 254 valence electrons. The first-order chi connectivity index (χ1) is 22.4. The average Bonchev–Trinajstić information content (AvgIpc) is 3.05. The third-order valence-corrected chi connectivity index (χ3v) is 8.22. The van der Waals surface area contributed by atoms with Gasteiger partial charge < -0.3 is 39.5 Å². The fourth-order valence-corrected chi connectivity index (χ4v) is 5.69. The number of para-hydroxylation sites is 1. The number of nitrogens with zero attached hydrogens (tertiary/aromatic N) is 5. The number of aromatic nitrogens is 1. The standard InChI is InChI=1S/C32H42N6O9/c1-5-46-32(45)37-15-13-36(14-16-37)30(43)23(10-11-27(40)41)34-29(42)24-18-25(21-8-6-7-9-22(21)33-24)47-19-26(39)38-17-12-35(4)31(44)28(38)20(2)3/h6-9,18,20,23,28H,5,10-17,19H2,1-4H3,(H,34,42)(H,40,41). The molecule has 2 N–H and O–H groups in total. The Morgan fingerprint density at radius 2 is 1.70 bits per heavy atom. The summed E-state index contributed by atoms with van der Waals surface area (Å²) in [7, 11) is 1.71. The Labute approximate surface area is 272 Å². The van der Waals surface area contributed by atoms with Crippen LogP contribution in [-0.4, -0.2) is 137 Å². The zero-order valence-corrected chi connectivity index (χ0v) is 27.1. The molecular weight excluding hydrogens is 612 g/mol. The first-order valence-electron chi connectivity index (χ1n) is 15.7. The summed E-state index contributed by atoms with van der Waals surface area (Å²) in [5, 5.41) is 12.5. The van der Waals surface area contributed by atoms with Crippen LogP contribution < -0.4 is 10.1 Å². The van der Waals surface area contributed by atoms with Crippen molar-refractivity contribution >= 4 is 46.6 Å². The SMILES string of the molecule is CCOC(=O)N1CCN(C(=O)C(CCC(=O)O)NC(=O)c2cc(OCC(=O)N3CCN(C)C(=O)C3C(C)C)c3ccccc3n2)CC1. The molecule has 4 rings (SSSR count). The number of hydrogen-bond donors (Lipinski definition) is 2. The lowest BCUT2D eigenvalue weighted by Crippen LogP contribution is -2.60. The highest BCUT2D eigenvalue weighted by Crippen LogP contribution is 2.26. The van der Waals surface area contributed by atoms with E-state index in [0.717, 1.165) is 0 Å². The van der Waals surface area contributed by atoms with Crippen LogP contribution in [0.3, 0.4) is 0 Å². The van der Waals surface area contributed by atoms with E-state index in [0.29, 0.717) is 24.0 Å². The van der Waals surface area contributed by atoms with Gasteiger partial charge in [-0.05, 0) is 31.4 Å². The van der Waals surface area contributed by atoms with E-state index in [1.165, 1.54) is 20.8 Å². The zero-order chi connectivity index (χ0) is 34.2. The average molecular weight is 655 g/mol. The number of ether oxygens (including phenoxy) is 2. The van der Waals surface area contributed by atoms with Crippen molar-refractivity contribution in [3.8, 4) is 5.75 Å². The normalized spacial score (nSPS) is 17.5. The van der Waals surface area contributed by atoms with Crippen LogP contribution in [0.15, 0.2) is 30.3 Å². The van der Waals surface area contributed by atoms with Crippen LogP contribution >= 0.6 is 0 Å². The van der Waals surface area contributed by atoms with Crippen molar-refractivity contribution < 1.29 is 43.3 Å². The number of carboxylic acids is 1. The number of carbonyl (C=O) groups is 6. The van der Waals surface area contributed by atoms with E-state index in [9.17, 15) is 33.9 Å². The quantitative estimate of drug-likeness (QED) is 0.358. The Morgan fingerprint density at radius 1 is 1.02 bits per heavy atom. The van der Waals surface area contributed by atoms with Gasteiger partial charge in [-0.25, -0.2) is 9.78 Å². The van der Waals surface area contributed by atoms with E-state index in [-0.39, 0.29) is 81.4 Å². The summed E-state index contributed by atoms with van der Waals surface area (Å²) >= 11 is 0. The second kappa shape index (κ2) is 15.6. The molecule has 2 fully saturated rings. The summed E-state index contributed by atoms with van der Waals surface area (Å²) in [6.45, 7) is 6.90. The number of benzene rings is 1. The largest absolute Gasteiger partial charge is 0.483 e. The lowest BCUT2D eigenvalue weighted by molar-refractivity contribution is -0.153. The van der Waals surface area contributed by atoms with E-state index < -0.39 is 36.0 Å². The molecule has 3 heterocycles. The van der Waals surface area contributed by atoms with Gasteiger partial charge in [-0.2, -0.15) is 0 Å². The van der Waals surface area contributed by atoms with E-state index in [2.05, 4.69) is 10.3 Å². The zero-order valence-electron chi connectivity index (χ0n) is 27.1. The van der Waals surface area contributed by atoms with Gasteiger partial charge >= 0.3 is 12.1 Å². The molecule has 2 aliphatic heterocycles. The molecule has 2 atom stereocenters. The Balaban J connectivity index is 1.51. The molecule has 0 spiro atoms. The summed E-state index contributed by atoms with van der Waals surface area (Å²) in [5.74, 6) is -2.75. The molecule has 0 aliphatic carbocycles. The van der Waals surface area contributed by atoms with Crippen molar-refractivity contribution in [1.29, 1.82) is 0 Å². The van der Waals surface area contributed by atoms with Crippen LogP contribution in [0.2, 0.25) is 0 Å². The van der Waals surface area contributed by atoms with Gasteiger partial charge in [-0.1, -0.05) is 26.0 Å². The van der Waals surface area contributed by atoms with Gasteiger partial charge in [0, 0.05) is 64.2 Å². The first-order valence-corrected chi connectivity index (χ1v) is 15.7. The van der Waals surface area contributed by atoms with Gasteiger partial charge in [0.05, 0.1) is 12.1 Å². The molecule has 0 saturated carbocycles. The predicted octanol–water partition coefficient (Wildman–Crippen LogP) is 1.20. The molecule has 1 aromatic carbocycles. The highest BCUT2D eigenvalue weighted by atomic mass is 16.6. The summed E-state index contributed by atoms with van der Waals surface area (Å²) in [5.41, 5.74) is 0.308. The van der Waals surface area contributed by atoms with Crippen LogP contribution in [0.4, 0.5) is 4.79 Å². The van der Waals surface area contributed by atoms with Gasteiger partial charge in [0.15, 0.2) is 6.61 Å². The number of pyridine rings is 1. The van der Waals surface area contributed by atoms with Gasteiger partial charge in [-0.15, -0.1) is 0 Å². The highest BCUT2D eigenvalue weighted by molar-refractivity contribution is 5.99. The van der Waals surface area contributed by atoms with Crippen molar-refractivity contribution in [2.75, 3.05) is 59.5 Å². The second-order valence-corrected chi connectivity index (χ2v) is 11.8. The topological polar surface area (TPSA) is 179 Å². The fraction of sp³-hybridized carbons (Fsp3) is 0.531. The molecule has 0 bridgehead atoms. The van der Waals surface area contributed by atoms with Gasteiger partial charge in [0.25, 0.3) is 11.8 Å². The maximum atomic E-state index is 13.5. The van der Waals surface area contributed by atoms with E-state index in [1.54, 1.807) is 43.1 Å². The van der Waals surface area contributed by atoms with Crippen LogP contribution in [0.5, 0.6) is 5.75 Å². The highest BCUT2D eigenvalue weighted by Gasteiger charge is 2.38. The minimum atomic E-state index is -1.17. The summed E-state index contributed by atoms with van der Waals surface area (Å²) in [4.78, 5) is 87.1. The molecule has 5 amide bonds. The fourth-order valence-electron chi connectivity index (χ4n) is 5.69. The number of carboxylic acid groups (broad SMARTS) is 1. The number of hydrogen-bond acceptors (Lipinski definition) is 9. The number of aliphatic carboxylic acids is 1. The molecular formula is C32H42N6O9. The van der Waals surface area contributed by atoms with Crippen molar-refractivity contribution in [3.63, 3.8) is 0 Å². The second-order valence-electron chi connectivity index (χ2n) is 11.8. The number of nitrogens with one attached hydrogen (secondary N) is 1. The first kappa shape index (κ1) is 34.9. The molecule has 47 heavy (non-hydrogen) atoms. The third-order valence-electron chi connectivity index (χ3n) is 8.22. The minimum Gasteiger partial charge on any atom is -0.483 e. The monoisotopic (exact) mass is 654 g/mol. The van der Waals surface area contributed by atoms with E-state index in [1.807, 2.05) is 13.8 Å². The molecule has 0 radical (unpaired) electrons. The van der Waals surface area contributed by atoms with Gasteiger partial charge in [-0.3, -0.25) is 24.0 Å². The third kappa shape index (κ3) is 8.45. The molecule has 2 aliphatic rings. The maximum Gasteiger partial charge on any atom is 0.409 e. The number of fused-ring (bicyclic) bond motifs is 1. The lowest BCUT2D eigenvalue weighted by atomic mass is 9.99. The molecule has 15 heteroatoms. The van der Waals surface area contributed by atoms with Crippen LogP contribution in [0.25, 0.3) is 10.9 Å². The molecule has 15 nitrogen and oxygen atoms in total. The van der Waals surface area contributed by atoms with E-state index in [4.69, 9.17) is 9.47 Å². The summed E-state index contributed by atoms with van der Waals surface area (Å²) in [6.07, 6.45) is -1.01. The number of piperazine rings is 2. The van der Waals surface area contributed by atoms with Crippen molar-refractivity contribution in [3.05, 3.63) is 36.0 Å². The number of carbonyl (C=O) groups excluding carboxylic acids is 5. The smallest absolute Gasteiger partial charge is 0.409 e. The van der Waals surface area contributed by atoms with Crippen LogP contribution in [0, 0.1) is 5.92 Å². The summed E-state index contributed by atoms with van der Waals surface area (Å²) < 4.78 is 11.0. The number of likely N-dealkylation sites (N-methyl/N-ethyl adjacent to an activating group) is 1. The van der Waals surface area contributed by atoms with Crippen LogP contribution in [-0.2, 0) is 23.9 Å². The Bertz CT molecular complexity index is 1510. The Hall–Kier alpha value is -4.95. The molecule has 2 unspecified atom stereocenters. The Kier molecular flexibility index (Phi) is 11.6. The van der Waals surface area contributed by atoms with Crippen LogP contribution in [0.1, 0.15) is 44.1 Å². The number of rotatable bonds is 11. The molecule has 2 saturated heterocycles. The van der Waals surface area contributed by atoms with E-state index >= 15 is 0 Å². The Morgan fingerprint density at radius 3 is 2.36 bits per heavy atom. The lowest BCUT2D eigenvalue weighted by Gasteiger charge is -2.41. The predicted molar refractivity (Wildman–Crippen MR) is 169 cm³/mol. The van der Waals surface area contributed by atoms with Crippen molar-refractivity contribution in [2.24, 2.45) is 5.92 Å². The number of amides is 5. The molecule has 1 aromatic heterocycles. The minimum absolute atomic E-state index is 0.0961. The molecule has 2 aromatic rings. The van der Waals surface area contributed by atoms with Gasteiger partial charge in [0.1, 0.15) is 23.5 Å². The van der Waals surface area contributed by atoms with Crippen molar-refractivity contribution in [1.82, 2.24) is 29.9 Å².